The summed E-state index contributed by atoms with van der Waals surface area (Å²) in [7, 11) is 4.08. The number of hydrogen-bond acceptors (Lipinski definition) is 3. The second-order valence-electron chi connectivity index (χ2n) is 8.77. The van der Waals surface area contributed by atoms with Crippen LogP contribution < -0.4 is 5.32 Å². The van der Waals surface area contributed by atoms with Crippen LogP contribution in [0.15, 0.2) is 59.0 Å². The molecule has 0 unspecified atom stereocenters. The van der Waals surface area contributed by atoms with Crippen LogP contribution in [-0.2, 0) is 5.54 Å². The Kier molecular flexibility index (Phi) is 6.40. The first kappa shape index (κ1) is 22.6. The molecule has 1 fully saturated rings. The van der Waals surface area contributed by atoms with Gasteiger partial charge in [-0.05, 0) is 94.7 Å². The summed E-state index contributed by atoms with van der Waals surface area (Å²) in [4.78, 5) is 15.2. The summed E-state index contributed by atoms with van der Waals surface area (Å²) in [6, 6.07) is 16.1. The molecular weight excluding hydrogens is 427 g/mol. The van der Waals surface area contributed by atoms with Gasteiger partial charge in [-0.3, -0.25) is 9.69 Å². The van der Waals surface area contributed by atoms with Crippen LogP contribution >= 0.6 is 11.6 Å². The summed E-state index contributed by atoms with van der Waals surface area (Å²) in [5.41, 5.74) is 2.19. The van der Waals surface area contributed by atoms with Gasteiger partial charge in [-0.25, -0.2) is 4.39 Å². The van der Waals surface area contributed by atoms with E-state index in [1.165, 1.54) is 6.07 Å². The van der Waals surface area contributed by atoms with Crippen molar-refractivity contribution in [3.63, 3.8) is 0 Å². The van der Waals surface area contributed by atoms with Crippen molar-refractivity contribution in [3.05, 3.63) is 82.3 Å². The van der Waals surface area contributed by atoms with E-state index in [2.05, 4.69) is 10.2 Å². The number of carbonyl (C=O) groups is 1. The average Bonchev–Trinajstić information content (AvgIpc) is 3.16. The van der Waals surface area contributed by atoms with E-state index in [4.69, 9.17) is 16.0 Å². The molecule has 2 aromatic carbocycles. The minimum Gasteiger partial charge on any atom is -0.461 e. The van der Waals surface area contributed by atoms with Crippen LogP contribution in [0.2, 0.25) is 5.02 Å². The van der Waals surface area contributed by atoms with Gasteiger partial charge in [-0.2, -0.15) is 0 Å². The monoisotopic (exact) mass is 454 g/mol. The fourth-order valence-electron chi connectivity index (χ4n) is 4.74. The molecule has 1 heterocycles. The third-order valence-corrected chi connectivity index (χ3v) is 6.91. The first-order valence-corrected chi connectivity index (χ1v) is 11.3. The Morgan fingerprint density at radius 3 is 2.44 bits per heavy atom. The highest BCUT2D eigenvalue weighted by Crippen LogP contribution is 2.41. The Morgan fingerprint density at radius 1 is 1.12 bits per heavy atom. The predicted molar refractivity (Wildman–Crippen MR) is 125 cm³/mol. The highest BCUT2D eigenvalue weighted by Gasteiger charge is 2.39. The normalized spacial score (nSPS) is 21.0. The summed E-state index contributed by atoms with van der Waals surface area (Å²) in [5.74, 6) is 0.891. The van der Waals surface area contributed by atoms with Gasteiger partial charge in [0.1, 0.15) is 17.3 Å². The van der Waals surface area contributed by atoms with E-state index in [1.807, 2.05) is 32.3 Å². The lowest BCUT2D eigenvalue weighted by atomic mass is 9.74. The summed E-state index contributed by atoms with van der Waals surface area (Å²) >= 11 is 5.96. The zero-order valence-electron chi connectivity index (χ0n) is 18.6. The van der Waals surface area contributed by atoms with Crippen LogP contribution in [0.1, 0.15) is 47.4 Å². The third kappa shape index (κ3) is 4.45. The lowest BCUT2D eigenvalue weighted by molar-refractivity contribution is 0.0756. The first-order chi connectivity index (χ1) is 15.3. The fraction of sp³-hybridized carbons (Fsp3) is 0.346. The molecule has 1 saturated carbocycles. The molecular formula is C26H28ClFN2O2. The van der Waals surface area contributed by atoms with Crippen LogP contribution in [0.4, 0.5) is 4.39 Å². The van der Waals surface area contributed by atoms with Gasteiger partial charge in [0.05, 0.1) is 5.56 Å². The second kappa shape index (κ2) is 9.08. The fourth-order valence-corrected chi connectivity index (χ4v) is 4.86. The Morgan fingerprint density at radius 2 is 1.81 bits per heavy atom. The molecule has 1 N–H and O–H groups in total. The van der Waals surface area contributed by atoms with E-state index in [0.29, 0.717) is 22.1 Å². The first-order valence-electron chi connectivity index (χ1n) is 10.9. The standard InChI is InChI=1S/C26H28ClFN2O2/c1-17-23(16-24(32-17)18-7-9-20(27)10-8-18)25(31)29-22-11-13-26(14-12-22,30(2)3)19-5-4-6-21(28)15-19/h4-10,15-16,22H,11-14H2,1-3H3,(H,29,31). The molecule has 0 atom stereocenters. The lowest BCUT2D eigenvalue weighted by Gasteiger charge is -2.45. The van der Waals surface area contributed by atoms with Gasteiger partial charge in [-0.1, -0.05) is 23.7 Å². The van der Waals surface area contributed by atoms with Crippen molar-refractivity contribution >= 4 is 17.5 Å². The second-order valence-corrected chi connectivity index (χ2v) is 9.21. The molecule has 4 rings (SSSR count). The summed E-state index contributed by atoms with van der Waals surface area (Å²) in [5, 5.41) is 3.83. The molecule has 1 amide bonds. The average molecular weight is 455 g/mol. The van der Waals surface area contributed by atoms with E-state index in [9.17, 15) is 9.18 Å². The van der Waals surface area contributed by atoms with Crippen LogP contribution in [0.25, 0.3) is 11.3 Å². The molecule has 0 bridgehead atoms. The lowest BCUT2D eigenvalue weighted by Crippen LogP contribution is -2.48. The number of nitrogens with one attached hydrogen (secondary N) is 1. The molecule has 1 aliphatic rings. The zero-order valence-corrected chi connectivity index (χ0v) is 19.4. The summed E-state index contributed by atoms with van der Waals surface area (Å²) < 4.78 is 19.7. The number of rotatable bonds is 5. The zero-order chi connectivity index (χ0) is 22.9. The van der Waals surface area contributed by atoms with Crippen molar-refractivity contribution in [2.75, 3.05) is 14.1 Å². The van der Waals surface area contributed by atoms with Gasteiger partial charge < -0.3 is 9.73 Å². The van der Waals surface area contributed by atoms with Gasteiger partial charge >= 0.3 is 0 Å². The molecule has 6 heteroatoms. The van der Waals surface area contributed by atoms with Crippen molar-refractivity contribution in [3.8, 4) is 11.3 Å². The number of aryl methyl sites for hydroxylation is 1. The van der Waals surface area contributed by atoms with Crippen LogP contribution in [0.3, 0.4) is 0 Å². The molecule has 0 radical (unpaired) electrons. The molecule has 1 aromatic heterocycles. The van der Waals surface area contributed by atoms with Crippen molar-refractivity contribution in [2.45, 2.75) is 44.2 Å². The largest absolute Gasteiger partial charge is 0.461 e. The van der Waals surface area contributed by atoms with E-state index < -0.39 is 0 Å². The molecule has 0 spiro atoms. The van der Waals surface area contributed by atoms with Crippen LogP contribution in [-0.4, -0.2) is 30.9 Å². The molecule has 168 valence electrons. The van der Waals surface area contributed by atoms with E-state index in [-0.39, 0.29) is 23.3 Å². The smallest absolute Gasteiger partial charge is 0.255 e. The highest BCUT2D eigenvalue weighted by atomic mass is 35.5. The number of nitrogens with zero attached hydrogens (tertiary/aromatic N) is 1. The van der Waals surface area contributed by atoms with Crippen LogP contribution in [0.5, 0.6) is 0 Å². The van der Waals surface area contributed by atoms with E-state index >= 15 is 0 Å². The highest BCUT2D eigenvalue weighted by molar-refractivity contribution is 6.30. The van der Waals surface area contributed by atoms with Gasteiger partial charge in [-0.15, -0.1) is 0 Å². The predicted octanol–water partition coefficient (Wildman–Crippen LogP) is 6.18. The van der Waals surface area contributed by atoms with Crippen LogP contribution in [0, 0.1) is 12.7 Å². The maximum atomic E-state index is 13.9. The molecule has 1 aliphatic carbocycles. The SMILES string of the molecule is Cc1oc(-c2ccc(Cl)cc2)cc1C(=O)NC1CCC(c2cccc(F)c2)(N(C)C)CC1. The maximum Gasteiger partial charge on any atom is 0.255 e. The minimum absolute atomic E-state index is 0.0671. The van der Waals surface area contributed by atoms with Crippen molar-refractivity contribution in [2.24, 2.45) is 0 Å². The summed E-state index contributed by atoms with van der Waals surface area (Å²) in [6.07, 6.45) is 3.33. The molecule has 0 saturated heterocycles. The quantitative estimate of drug-likeness (QED) is 0.501. The number of furan rings is 1. The molecule has 3 aromatic rings. The van der Waals surface area contributed by atoms with Crippen molar-refractivity contribution < 1.29 is 13.6 Å². The van der Waals surface area contributed by atoms with Gasteiger partial charge in [0.15, 0.2) is 0 Å². The molecule has 4 nitrogen and oxygen atoms in total. The number of halogens is 2. The van der Waals surface area contributed by atoms with Gasteiger partial charge in [0.2, 0.25) is 0 Å². The van der Waals surface area contributed by atoms with Gasteiger partial charge in [0, 0.05) is 22.2 Å². The molecule has 0 aliphatic heterocycles. The number of carbonyl (C=O) groups excluding carboxylic acids is 1. The maximum absolute atomic E-state index is 13.9. The van der Waals surface area contributed by atoms with E-state index in [0.717, 1.165) is 36.8 Å². The number of benzene rings is 2. The van der Waals surface area contributed by atoms with E-state index in [1.54, 1.807) is 37.3 Å². The topological polar surface area (TPSA) is 45.5 Å². The summed E-state index contributed by atoms with van der Waals surface area (Å²) in [6.45, 7) is 1.80. The Bertz CT molecular complexity index is 1100. The third-order valence-electron chi connectivity index (χ3n) is 6.66. The Labute approximate surface area is 193 Å². The van der Waals surface area contributed by atoms with Crippen molar-refractivity contribution in [1.29, 1.82) is 0 Å². The Balaban J connectivity index is 1.45. The minimum atomic E-state index is -0.226. The Hall–Kier alpha value is -2.63. The van der Waals surface area contributed by atoms with Crippen molar-refractivity contribution in [1.82, 2.24) is 10.2 Å². The van der Waals surface area contributed by atoms with Gasteiger partial charge in [0.25, 0.3) is 5.91 Å². The molecule has 32 heavy (non-hydrogen) atoms. The number of hydrogen-bond donors (Lipinski definition) is 1. The number of amides is 1.